The van der Waals surface area contributed by atoms with E-state index in [0.29, 0.717) is 13.1 Å². The normalized spacial score (nSPS) is 15.3. The lowest BCUT2D eigenvalue weighted by atomic mass is 10.2. The Kier molecular flexibility index (Phi) is 9.29. The van der Waals surface area contributed by atoms with E-state index in [1.807, 2.05) is 12.1 Å². The van der Waals surface area contributed by atoms with Crippen molar-refractivity contribution >= 4 is 23.4 Å². The number of cyclic esters (lactones) is 1. The maximum atomic E-state index is 14.9. The Bertz CT molecular complexity index is 990. The van der Waals surface area contributed by atoms with Crippen LogP contribution >= 0.6 is 0 Å². The van der Waals surface area contributed by atoms with Gasteiger partial charge in [0.1, 0.15) is 11.8 Å². The first-order chi connectivity index (χ1) is 16.8. The summed E-state index contributed by atoms with van der Waals surface area (Å²) < 4.78 is 34.8. The first-order valence-corrected chi connectivity index (χ1v) is 11.2. The van der Waals surface area contributed by atoms with Gasteiger partial charge in [-0.2, -0.15) is 0 Å². The third-order valence-corrected chi connectivity index (χ3v) is 5.50. The van der Waals surface area contributed by atoms with E-state index in [-0.39, 0.29) is 50.1 Å². The molecule has 1 atom stereocenters. The minimum absolute atomic E-state index is 0.0255. The number of nitrogens with one attached hydrogen (secondary N) is 1. The summed E-state index contributed by atoms with van der Waals surface area (Å²) in [6.45, 7) is 3.00. The molecule has 1 aromatic heterocycles. The molecule has 2 amide bonds. The van der Waals surface area contributed by atoms with Gasteiger partial charge in [-0.05, 0) is 24.6 Å². The number of likely N-dealkylation sites (N-methyl/N-ethyl adjacent to an activating group) is 2. The number of hydroxylamine groups is 2. The number of hydrogen-bond donors (Lipinski definition) is 2. The Labute approximate surface area is 202 Å². The summed E-state index contributed by atoms with van der Waals surface area (Å²) >= 11 is 0. The average molecular weight is 493 g/mol. The Morgan fingerprint density at radius 1 is 1.31 bits per heavy atom. The number of halogens is 2. The first kappa shape index (κ1) is 26.3. The first-order valence-electron chi connectivity index (χ1n) is 11.2. The second-order valence-corrected chi connectivity index (χ2v) is 7.87. The fourth-order valence-corrected chi connectivity index (χ4v) is 3.58. The van der Waals surface area contributed by atoms with Crippen LogP contribution < -0.4 is 20.9 Å². The number of aromatic nitrogens is 1. The molecule has 0 bridgehead atoms. The van der Waals surface area contributed by atoms with Gasteiger partial charge in [0, 0.05) is 57.8 Å². The molecule has 190 valence electrons. The van der Waals surface area contributed by atoms with E-state index < -0.39 is 23.8 Å². The molecule has 0 aliphatic carbocycles. The lowest BCUT2D eigenvalue weighted by Gasteiger charge is -2.26. The van der Waals surface area contributed by atoms with Crippen LogP contribution in [-0.2, 0) is 20.9 Å². The number of anilines is 2. The van der Waals surface area contributed by atoms with Gasteiger partial charge in [-0.3, -0.25) is 19.5 Å². The summed E-state index contributed by atoms with van der Waals surface area (Å²) in [6, 6.07) is 5.86. The van der Waals surface area contributed by atoms with Gasteiger partial charge in [0.25, 0.3) is 5.91 Å². The van der Waals surface area contributed by atoms with Crippen molar-refractivity contribution in [3.8, 4) is 0 Å². The molecule has 2 heterocycles. The van der Waals surface area contributed by atoms with Crippen LogP contribution in [0.5, 0.6) is 0 Å². The van der Waals surface area contributed by atoms with Crippen LogP contribution in [0.1, 0.15) is 12.5 Å². The molecule has 3 rings (SSSR count). The summed E-state index contributed by atoms with van der Waals surface area (Å²) in [4.78, 5) is 36.2. The number of nitrogens with zero attached hydrogens (tertiary/aromatic N) is 4. The molecule has 10 nitrogen and oxygen atoms in total. The molecule has 12 heteroatoms. The molecular weight excluding hydrogens is 462 g/mol. The van der Waals surface area contributed by atoms with Gasteiger partial charge in [0.15, 0.2) is 11.6 Å². The van der Waals surface area contributed by atoms with E-state index in [1.165, 1.54) is 11.9 Å². The van der Waals surface area contributed by atoms with E-state index in [9.17, 15) is 18.4 Å². The number of amides is 2. The van der Waals surface area contributed by atoms with Crippen molar-refractivity contribution in [2.45, 2.75) is 19.6 Å². The zero-order chi connectivity index (χ0) is 25.4. The summed E-state index contributed by atoms with van der Waals surface area (Å²) in [6.07, 6.45) is 2.12. The highest BCUT2D eigenvalue weighted by molar-refractivity contribution is 5.90. The third-order valence-electron chi connectivity index (χ3n) is 5.50. The number of rotatable bonds is 12. The highest BCUT2D eigenvalue weighted by Crippen LogP contribution is 2.30. The van der Waals surface area contributed by atoms with Crippen molar-refractivity contribution in [1.82, 2.24) is 15.4 Å². The molecule has 1 aliphatic heterocycles. The topological polar surface area (TPSA) is 113 Å². The van der Waals surface area contributed by atoms with E-state index in [2.05, 4.69) is 10.3 Å². The zero-order valence-electron chi connectivity index (χ0n) is 19.7. The van der Waals surface area contributed by atoms with Crippen LogP contribution in [0.3, 0.4) is 0 Å². The third kappa shape index (κ3) is 6.84. The summed E-state index contributed by atoms with van der Waals surface area (Å²) in [5, 5.41) is 4.11. The molecule has 1 fully saturated rings. The average Bonchev–Trinajstić information content (AvgIpc) is 3.23. The molecule has 1 aromatic carbocycles. The number of carbonyl (C=O) groups excluding carboxylic acids is 2. The predicted molar refractivity (Wildman–Crippen MR) is 126 cm³/mol. The maximum absolute atomic E-state index is 14.9. The highest BCUT2D eigenvalue weighted by Gasteiger charge is 2.32. The number of benzene rings is 1. The summed E-state index contributed by atoms with van der Waals surface area (Å²) in [5.41, 5.74) is 6.32. The Morgan fingerprint density at radius 2 is 2.00 bits per heavy atom. The number of hydrogen-bond acceptors (Lipinski definition) is 8. The van der Waals surface area contributed by atoms with Gasteiger partial charge < -0.3 is 20.7 Å². The van der Waals surface area contributed by atoms with Crippen LogP contribution in [0.25, 0.3) is 0 Å². The molecule has 2 aromatic rings. The minimum atomic E-state index is -0.824. The van der Waals surface area contributed by atoms with Crippen molar-refractivity contribution in [3.05, 3.63) is 53.9 Å². The fraction of sp³-hybridized carbons (Fsp3) is 0.435. The highest BCUT2D eigenvalue weighted by atomic mass is 19.1. The number of carbonyl (C=O) groups is 2. The minimum Gasteiger partial charge on any atom is -0.443 e. The molecule has 3 N–H and O–H groups in total. The van der Waals surface area contributed by atoms with Gasteiger partial charge in [-0.25, -0.2) is 18.6 Å². The van der Waals surface area contributed by atoms with Crippen LogP contribution in [0.4, 0.5) is 25.0 Å². The lowest BCUT2D eigenvalue weighted by Crippen LogP contribution is -2.38. The Hall–Kier alpha value is -3.35. The summed E-state index contributed by atoms with van der Waals surface area (Å²) in [5.74, 6) is -1.94. The van der Waals surface area contributed by atoms with Gasteiger partial charge in [-0.1, -0.05) is 0 Å². The molecule has 0 unspecified atom stereocenters. The van der Waals surface area contributed by atoms with Crippen molar-refractivity contribution in [2.24, 2.45) is 5.73 Å². The molecule has 1 saturated heterocycles. The number of pyridine rings is 1. The van der Waals surface area contributed by atoms with Crippen LogP contribution in [-0.4, -0.2) is 74.5 Å². The lowest BCUT2D eigenvalue weighted by molar-refractivity contribution is -0.176. The van der Waals surface area contributed by atoms with Gasteiger partial charge in [0.05, 0.1) is 25.4 Å². The predicted octanol–water partition coefficient (Wildman–Crippen LogP) is 1.65. The summed E-state index contributed by atoms with van der Waals surface area (Å²) in [7, 11) is 1.48. The monoisotopic (exact) mass is 492 g/mol. The van der Waals surface area contributed by atoms with Crippen LogP contribution in [0.15, 0.2) is 36.7 Å². The van der Waals surface area contributed by atoms with E-state index in [4.69, 9.17) is 15.3 Å². The second-order valence-electron chi connectivity index (χ2n) is 7.87. The zero-order valence-corrected chi connectivity index (χ0v) is 19.7. The molecular formula is C23H30F2N6O4. The standard InChI is InChI=1S/C23H30F2N6O4/c1-3-30(8-9-34-29(2)21(32)14-28-13-16-4-6-27-7-5-16)22-19(24)10-17(11-20(22)25)31-15-18(12-26)35-23(31)33/h4-7,10-11,18,28H,3,8-9,12-15,26H2,1-2H3/t18-/m0/s1. The fourth-order valence-electron chi connectivity index (χ4n) is 3.58. The van der Waals surface area contributed by atoms with Crippen molar-refractivity contribution < 1.29 is 27.9 Å². The number of ether oxygens (including phenoxy) is 1. The molecule has 0 saturated carbocycles. The van der Waals surface area contributed by atoms with Crippen LogP contribution in [0, 0.1) is 11.6 Å². The molecule has 1 aliphatic rings. The largest absolute Gasteiger partial charge is 0.443 e. The van der Waals surface area contributed by atoms with Crippen molar-refractivity contribution in [2.75, 3.05) is 56.2 Å². The second kappa shape index (κ2) is 12.4. The number of nitrogens with two attached hydrogens (primary N) is 1. The van der Waals surface area contributed by atoms with E-state index in [0.717, 1.165) is 27.7 Å². The molecule has 35 heavy (non-hydrogen) atoms. The SMILES string of the molecule is CCN(CCON(C)C(=O)CNCc1ccncc1)c1c(F)cc(N2C[C@H](CN)OC2=O)cc1F. The quantitative estimate of drug-likeness (QED) is 0.430. The molecule has 0 radical (unpaired) electrons. The molecule has 0 spiro atoms. The van der Waals surface area contributed by atoms with E-state index in [1.54, 1.807) is 19.3 Å². The van der Waals surface area contributed by atoms with Crippen molar-refractivity contribution in [1.29, 1.82) is 0 Å². The Balaban J connectivity index is 1.52. The van der Waals surface area contributed by atoms with E-state index >= 15 is 0 Å². The Morgan fingerprint density at radius 3 is 2.60 bits per heavy atom. The van der Waals surface area contributed by atoms with Gasteiger partial charge in [-0.15, -0.1) is 0 Å². The van der Waals surface area contributed by atoms with Crippen LogP contribution in [0.2, 0.25) is 0 Å². The maximum Gasteiger partial charge on any atom is 0.414 e. The van der Waals surface area contributed by atoms with Gasteiger partial charge >= 0.3 is 6.09 Å². The smallest absolute Gasteiger partial charge is 0.414 e. The van der Waals surface area contributed by atoms with Crippen molar-refractivity contribution in [3.63, 3.8) is 0 Å². The van der Waals surface area contributed by atoms with Gasteiger partial charge in [0.2, 0.25) is 0 Å².